The van der Waals surface area contributed by atoms with Crippen LogP contribution >= 0.6 is 11.3 Å². The van der Waals surface area contributed by atoms with E-state index in [-0.39, 0.29) is 48.9 Å². The van der Waals surface area contributed by atoms with Gasteiger partial charge in [0.25, 0.3) is 0 Å². The van der Waals surface area contributed by atoms with Crippen molar-refractivity contribution in [3.05, 3.63) is 35.5 Å². The fourth-order valence-electron chi connectivity index (χ4n) is 6.68. The van der Waals surface area contributed by atoms with Crippen molar-refractivity contribution in [1.82, 2.24) is 25.2 Å². The Hall–Kier alpha value is -3.70. The first-order valence-corrected chi connectivity index (χ1v) is 15.4. The molecule has 222 valence electrons. The largest absolute Gasteiger partial charge is 0.463 e. The standard InChI is InChI=1S/C30H30F2N8O2S/c31-21-2-1-18(22-19(10-33)27(34)43-26(21)22)24-23(32)25-20(11-35-24)28(40-12-16-9-17(13-40)36-16)38-29(37-25)42-15-30(3-4-30)14-39-5-7-41-8-6-39/h1-2,11,16-17,36H,3-9,12-15,34H2. The number of nitriles is 1. The molecule has 0 amide bonds. The number of hydrogen-bond donors (Lipinski definition) is 2. The lowest BCUT2D eigenvalue weighted by atomic mass is 9.91. The molecule has 0 radical (unpaired) electrons. The zero-order chi connectivity index (χ0) is 29.3. The van der Waals surface area contributed by atoms with Crippen molar-refractivity contribution in [2.24, 2.45) is 5.41 Å². The van der Waals surface area contributed by atoms with Gasteiger partial charge in [-0.1, -0.05) is 0 Å². The highest BCUT2D eigenvalue weighted by Crippen LogP contribution is 2.47. The molecule has 5 aliphatic rings. The number of thiophene rings is 1. The second-order valence-corrected chi connectivity index (χ2v) is 13.2. The SMILES string of the molecule is N#Cc1c(N)sc2c(F)ccc(-c3ncc4c(N5CC6CC(C5)N6)nc(OCC5(CN6CCOCC6)CC5)nc4c3F)c12. The van der Waals surface area contributed by atoms with E-state index in [0.717, 1.165) is 76.5 Å². The molecule has 1 aliphatic carbocycles. The molecular formula is C30H30F2N8O2S. The molecule has 43 heavy (non-hydrogen) atoms. The Kier molecular flexibility index (Phi) is 6.38. The first kappa shape index (κ1) is 26.9. The number of aromatic nitrogens is 3. The van der Waals surface area contributed by atoms with E-state index < -0.39 is 11.6 Å². The van der Waals surface area contributed by atoms with Crippen molar-refractivity contribution in [2.45, 2.75) is 31.3 Å². The molecule has 2 bridgehead atoms. The number of nitrogens with zero attached hydrogens (tertiary/aromatic N) is 6. The molecule has 4 saturated heterocycles. The minimum Gasteiger partial charge on any atom is -0.463 e. The number of hydrogen-bond acceptors (Lipinski definition) is 11. The zero-order valence-electron chi connectivity index (χ0n) is 23.4. The third kappa shape index (κ3) is 4.64. The van der Waals surface area contributed by atoms with Gasteiger partial charge in [0, 0.05) is 67.4 Å². The lowest BCUT2D eigenvalue weighted by molar-refractivity contribution is 0.0231. The van der Waals surface area contributed by atoms with Crippen molar-refractivity contribution in [3.63, 3.8) is 0 Å². The molecule has 2 atom stereocenters. The van der Waals surface area contributed by atoms with Crippen molar-refractivity contribution in [3.8, 4) is 23.3 Å². The van der Waals surface area contributed by atoms with Gasteiger partial charge in [0.1, 0.15) is 33.9 Å². The van der Waals surface area contributed by atoms with Crippen molar-refractivity contribution >= 4 is 43.1 Å². The number of ether oxygens (including phenoxy) is 2. The third-order valence-electron chi connectivity index (χ3n) is 9.18. The topological polar surface area (TPSA) is 125 Å². The summed E-state index contributed by atoms with van der Waals surface area (Å²) in [5.74, 6) is -0.613. The summed E-state index contributed by atoms with van der Waals surface area (Å²) >= 11 is 0.965. The van der Waals surface area contributed by atoms with E-state index in [2.05, 4.69) is 25.1 Å². The van der Waals surface area contributed by atoms with Gasteiger partial charge in [-0.15, -0.1) is 11.3 Å². The average molecular weight is 605 g/mol. The Morgan fingerprint density at radius 1 is 1.19 bits per heavy atom. The van der Waals surface area contributed by atoms with Gasteiger partial charge in [-0.2, -0.15) is 15.2 Å². The summed E-state index contributed by atoms with van der Waals surface area (Å²) in [5, 5.41) is 14.2. The molecule has 5 fully saturated rings. The highest BCUT2D eigenvalue weighted by molar-refractivity contribution is 7.23. The van der Waals surface area contributed by atoms with Crippen LogP contribution in [0.3, 0.4) is 0 Å². The number of rotatable bonds is 7. The number of morpholine rings is 1. The predicted molar refractivity (Wildman–Crippen MR) is 159 cm³/mol. The highest BCUT2D eigenvalue weighted by Gasteiger charge is 2.45. The van der Waals surface area contributed by atoms with E-state index in [1.165, 1.54) is 12.1 Å². The second kappa shape index (κ2) is 10.2. The third-order valence-corrected chi connectivity index (χ3v) is 10.2. The number of halogens is 2. The van der Waals surface area contributed by atoms with E-state index >= 15 is 4.39 Å². The van der Waals surface area contributed by atoms with Crippen LogP contribution in [0.2, 0.25) is 0 Å². The number of pyridine rings is 1. The lowest BCUT2D eigenvalue weighted by Crippen LogP contribution is -2.67. The minimum absolute atomic E-state index is 0.0285. The lowest BCUT2D eigenvalue weighted by Gasteiger charge is -2.48. The number of anilines is 2. The molecular weight excluding hydrogens is 574 g/mol. The maximum Gasteiger partial charge on any atom is 0.319 e. The first-order valence-electron chi connectivity index (χ1n) is 14.6. The Bertz CT molecular complexity index is 1780. The first-order chi connectivity index (χ1) is 20.9. The smallest absolute Gasteiger partial charge is 0.319 e. The monoisotopic (exact) mass is 604 g/mol. The van der Waals surface area contributed by atoms with E-state index in [9.17, 15) is 9.65 Å². The zero-order valence-corrected chi connectivity index (χ0v) is 24.2. The van der Waals surface area contributed by atoms with Gasteiger partial charge in [0.2, 0.25) is 0 Å². The summed E-state index contributed by atoms with van der Waals surface area (Å²) in [4.78, 5) is 18.4. The summed E-state index contributed by atoms with van der Waals surface area (Å²) in [7, 11) is 0. The number of piperidine rings is 1. The van der Waals surface area contributed by atoms with Crippen molar-refractivity contribution in [1.29, 1.82) is 5.26 Å². The molecule has 3 aromatic heterocycles. The quantitative estimate of drug-likeness (QED) is 0.323. The van der Waals surface area contributed by atoms with Gasteiger partial charge in [0.15, 0.2) is 5.82 Å². The molecule has 13 heteroatoms. The fraction of sp³-hybridized carbons (Fsp3) is 0.467. The van der Waals surface area contributed by atoms with Gasteiger partial charge in [-0.3, -0.25) is 9.88 Å². The van der Waals surface area contributed by atoms with Crippen molar-refractivity contribution in [2.75, 3.05) is 63.2 Å². The molecule has 0 spiro atoms. The Labute approximate surface area is 250 Å². The molecule has 4 aromatic rings. The van der Waals surface area contributed by atoms with Crippen LogP contribution in [0.5, 0.6) is 6.01 Å². The van der Waals surface area contributed by atoms with Gasteiger partial charge in [-0.25, -0.2) is 8.78 Å². The van der Waals surface area contributed by atoms with E-state index in [1.54, 1.807) is 6.20 Å². The average Bonchev–Trinajstić information content (AvgIpc) is 3.68. The van der Waals surface area contributed by atoms with E-state index in [1.807, 2.05) is 6.07 Å². The molecule has 1 saturated carbocycles. The molecule has 2 unspecified atom stereocenters. The van der Waals surface area contributed by atoms with Crippen LogP contribution in [0, 0.1) is 28.4 Å². The molecule has 3 N–H and O–H groups in total. The Morgan fingerprint density at radius 2 is 1.95 bits per heavy atom. The minimum atomic E-state index is -0.678. The van der Waals surface area contributed by atoms with Gasteiger partial charge < -0.3 is 25.4 Å². The van der Waals surface area contributed by atoms with Crippen LogP contribution in [0.1, 0.15) is 24.8 Å². The highest BCUT2D eigenvalue weighted by atomic mass is 32.1. The molecule has 1 aromatic carbocycles. The molecule has 4 aliphatic heterocycles. The summed E-state index contributed by atoms with van der Waals surface area (Å²) in [6.45, 7) is 6.14. The molecule has 10 nitrogen and oxygen atoms in total. The van der Waals surface area contributed by atoms with Crippen LogP contribution in [0.4, 0.5) is 19.6 Å². The fourth-order valence-corrected chi connectivity index (χ4v) is 7.62. The van der Waals surface area contributed by atoms with Crippen LogP contribution in [0.25, 0.3) is 32.2 Å². The van der Waals surface area contributed by atoms with Gasteiger partial charge in [0.05, 0.1) is 35.5 Å². The summed E-state index contributed by atoms with van der Waals surface area (Å²) < 4.78 is 43.2. The molecule has 7 heterocycles. The summed E-state index contributed by atoms with van der Waals surface area (Å²) in [6.07, 6.45) is 4.79. The Morgan fingerprint density at radius 3 is 2.67 bits per heavy atom. The number of nitrogens with one attached hydrogen (secondary N) is 1. The number of fused-ring (bicyclic) bond motifs is 4. The maximum atomic E-state index is 16.6. The maximum absolute atomic E-state index is 16.6. The number of nitrogens with two attached hydrogens (primary N) is 1. The van der Waals surface area contributed by atoms with Gasteiger partial charge >= 0.3 is 6.01 Å². The number of piperazine rings is 1. The van der Waals surface area contributed by atoms with Crippen molar-refractivity contribution < 1.29 is 18.3 Å². The predicted octanol–water partition coefficient (Wildman–Crippen LogP) is 3.68. The molecule has 9 rings (SSSR count). The van der Waals surface area contributed by atoms with Crippen LogP contribution < -0.4 is 20.7 Å². The Balaban J connectivity index is 1.20. The summed E-state index contributed by atoms with van der Waals surface area (Å²) in [6, 6.07) is 5.57. The van der Waals surface area contributed by atoms with Crippen LogP contribution in [-0.4, -0.2) is 84.5 Å². The normalized spacial score (nSPS) is 22.9. The van der Waals surface area contributed by atoms with E-state index in [4.69, 9.17) is 20.2 Å². The number of nitrogen functional groups attached to an aromatic ring is 1. The van der Waals surface area contributed by atoms with Crippen LogP contribution in [-0.2, 0) is 4.74 Å². The van der Waals surface area contributed by atoms with Crippen LogP contribution in [0.15, 0.2) is 18.3 Å². The van der Waals surface area contributed by atoms with E-state index in [0.29, 0.717) is 29.9 Å². The van der Waals surface area contributed by atoms with Gasteiger partial charge in [-0.05, 0) is 31.4 Å². The number of benzene rings is 1. The second-order valence-electron chi connectivity index (χ2n) is 12.1. The summed E-state index contributed by atoms with van der Waals surface area (Å²) in [5.41, 5.74) is 6.51.